The number of carboxylic acid groups (broad SMARTS) is 1. The first-order valence-corrected chi connectivity index (χ1v) is 11.3. The van der Waals surface area contributed by atoms with Crippen LogP contribution in [0.25, 0.3) is 0 Å². The summed E-state index contributed by atoms with van der Waals surface area (Å²) < 4.78 is 0. The number of hydrogen-bond acceptors (Lipinski definition) is 8. The molecule has 0 saturated carbocycles. The molecule has 0 aromatic carbocycles. The molecule has 1 aliphatic heterocycles. The number of nitrogens with one attached hydrogen (secondary N) is 2. The normalized spacial score (nSPS) is 20.4. The van der Waals surface area contributed by atoms with E-state index < -0.39 is 54.0 Å². The van der Waals surface area contributed by atoms with Crippen molar-refractivity contribution in [2.75, 3.05) is 24.3 Å². The number of rotatable bonds is 11. The summed E-state index contributed by atoms with van der Waals surface area (Å²) in [4.78, 5) is 50.1. The van der Waals surface area contributed by atoms with Gasteiger partial charge in [-0.1, -0.05) is 0 Å². The average Bonchev–Trinajstić information content (AvgIpc) is 3.16. The van der Waals surface area contributed by atoms with Crippen LogP contribution in [-0.2, 0) is 19.2 Å². The van der Waals surface area contributed by atoms with Gasteiger partial charge >= 0.3 is 5.97 Å². The first-order chi connectivity index (χ1) is 13.6. The van der Waals surface area contributed by atoms with Gasteiger partial charge in [-0.2, -0.15) is 24.4 Å². The molecule has 1 saturated heterocycles. The zero-order valence-corrected chi connectivity index (χ0v) is 18.2. The van der Waals surface area contributed by atoms with E-state index in [0.717, 1.165) is 0 Å². The highest BCUT2D eigenvalue weighted by molar-refractivity contribution is 7.98. The van der Waals surface area contributed by atoms with Crippen molar-refractivity contribution in [1.82, 2.24) is 15.5 Å². The van der Waals surface area contributed by atoms with Crippen molar-refractivity contribution in [3.8, 4) is 0 Å². The van der Waals surface area contributed by atoms with Crippen LogP contribution < -0.4 is 16.4 Å². The minimum absolute atomic E-state index is 0.0952. The Morgan fingerprint density at radius 1 is 1.31 bits per heavy atom. The van der Waals surface area contributed by atoms with Crippen molar-refractivity contribution < 1.29 is 29.4 Å². The Morgan fingerprint density at radius 2 is 1.97 bits per heavy atom. The number of nitrogens with two attached hydrogens (primary N) is 1. The van der Waals surface area contributed by atoms with E-state index >= 15 is 0 Å². The first-order valence-electron chi connectivity index (χ1n) is 9.31. The SMILES string of the molecule is CSCCC(N)C(=O)NC(C(=O)N1CCCC1C(=O)NC(CS)C(=O)O)C(C)O. The molecule has 0 aromatic heterocycles. The number of aliphatic hydroxyl groups is 1. The Kier molecular flexibility index (Phi) is 10.8. The number of aliphatic carboxylic acids is 1. The fourth-order valence-corrected chi connectivity index (χ4v) is 3.70. The number of nitrogens with zero attached hydrogens (tertiary/aromatic N) is 1. The Labute approximate surface area is 179 Å². The second-order valence-corrected chi connectivity index (χ2v) is 8.24. The van der Waals surface area contributed by atoms with Crippen LogP contribution in [0, 0.1) is 0 Å². The van der Waals surface area contributed by atoms with Crippen molar-refractivity contribution in [3.63, 3.8) is 0 Å². The quantitative estimate of drug-likeness (QED) is 0.206. The summed E-state index contributed by atoms with van der Waals surface area (Å²) in [6.45, 7) is 1.62. The van der Waals surface area contributed by atoms with Crippen molar-refractivity contribution in [2.24, 2.45) is 5.73 Å². The topological polar surface area (TPSA) is 162 Å². The minimum Gasteiger partial charge on any atom is -0.480 e. The van der Waals surface area contributed by atoms with E-state index in [9.17, 15) is 24.3 Å². The van der Waals surface area contributed by atoms with Crippen LogP contribution >= 0.6 is 24.4 Å². The number of carbonyl (C=O) groups excluding carboxylic acids is 3. The molecule has 12 heteroatoms. The molecule has 1 aliphatic rings. The molecule has 0 radical (unpaired) electrons. The molecule has 1 rings (SSSR count). The highest BCUT2D eigenvalue weighted by Gasteiger charge is 2.40. The number of aliphatic hydroxyl groups excluding tert-OH is 1. The zero-order chi connectivity index (χ0) is 22.1. The summed E-state index contributed by atoms with van der Waals surface area (Å²) in [6.07, 6.45) is 1.99. The Hall–Kier alpha value is -1.50. The maximum absolute atomic E-state index is 13.0. The van der Waals surface area contributed by atoms with Crippen molar-refractivity contribution in [2.45, 2.75) is 56.5 Å². The number of hydrogen-bond donors (Lipinski definition) is 6. The van der Waals surface area contributed by atoms with Crippen LogP contribution in [-0.4, -0.2) is 93.4 Å². The van der Waals surface area contributed by atoms with E-state index in [1.807, 2.05) is 6.26 Å². The fourth-order valence-electron chi connectivity index (χ4n) is 2.96. The summed E-state index contributed by atoms with van der Waals surface area (Å²) in [5.74, 6) is -2.42. The maximum atomic E-state index is 13.0. The largest absolute Gasteiger partial charge is 0.480 e. The van der Waals surface area contributed by atoms with Crippen LogP contribution in [0.5, 0.6) is 0 Å². The standard InChI is InChI=1S/C17H30N4O6S2/c1-9(22)13(20-14(23)10(18)5-7-29-2)16(25)21-6-3-4-12(21)15(24)19-11(8-28)17(26)27/h9-13,22,28H,3-8,18H2,1-2H3,(H,19,24)(H,20,23)(H,26,27). The van der Waals surface area contributed by atoms with Crippen LogP contribution in [0.15, 0.2) is 0 Å². The third-order valence-electron chi connectivity index (χ3n) is 4.65. The lowest BCUT2D eigenvalue weighted by Gasteiger charge is -2.31. The zero-order valence-electron chi connectivity index (χ0n) is 16.5. The summed E-state index contributed by atoms with van der Waals surface area (Å²) >= 11 is 5.44. The van der Waals surface area contributed by atoms with Crippen molar-refractivity contribution in [1.29, 1.82) is 0 Å². The minimum atomic E-state index is -1.25. The van der Waals surface area contributed by atoms with Gasteiger partial charge in [0.2, 0.25) is 17.7 Å². The second-order valence-electron chi connectivity index (χ2n) is 6.89. The van der Waals surface area contributed by atoms with Crippen LogP contribution in [0.4, 0.5) is 0 Å². The summed E-state index contributed by atoms with van der Waals surface area (Å²) in [5, 5.41) is 24.0. The molecule has 0 bridgehead atoms. The second kappa shape index (κ2) is 12.3. The molecule has 0 aromatic rings. The molecule has 1 fully saturated rings. The fraction of sp³-hybridized carbons (Fsp3) is 0.765. The van der Waals surface area contributed by atoms with E-state index in [0.29, 0.717) is 25.0 Å². The number of amides is 3. The molecule has 3 amide bonds. The molecular formula is C17H30N4O6S2. The Bertz CT molecular complexity index is 606. The monoisotopic (exact) mass is 450 g/mol. The summed E-state index contributed by atoms with van der Waals surface area (Å²) in [6, 6.07) is -4.13. The molecule has 0 spiro atoms. The Balaban J connectivity index is 2.86. The van der Waals surface area contributed by atoms with Crippen molar-refractivity contribution in [3.05, 3.63) is 0 Å². The van der Waals surface area contributed by atoms with Gasteiger partial charge in [0.25, 0.3) is 0 Å². The van der Waals surface area contributed by atoms with Crippen molar-refractivity contribution >= 4 is 48.1 Å². The number of thioether (sulfide) groups is 1. The van der Waals surface area contributed by atoms with E-state index in [4.69, 9.17) is 10.8 Å². The van der Waals surface area contributed by atoms with Crippen LogP contribution in [0.1, 0.15) is 26.2 Å². The average molecular weight is 451 g/mol. The van der Waals surface area contributed by atoms with E-state index in [2.05, 4.69) is 23.3 Å². The highest BCUT2D eigenvalue weighted by Crippen LogP contribution is 2.20. The molecular weight excluding hydrogens is 420 g/mol. The molecule has 5 unspecified atom stereocenters. The van der Waals surface area contributed by atoms with Crippen LogP contribution in [0.3, 0.4) is 0 Å². The van der Waals surface area contributed by atoms with Crippen LogP contribution in [0.2, 0.25) is 0 Å². The molecule has 1 heterocycles. The van der Waals surface area contributed by atoms with E-state index in [1.54, 1.807) is 0 Å². The molecule has 5 atom stereocenters. The van der Waals surface area contributed by atoms with E-state index in [1.165, 1.54) is 23.6 Å². The lowest BCUT2D eigenvalue weighted by molar-refractivity contribution is -0.145. The molecule has 10 nitrogen and oxygen atoms in total. The van der Waals surface area contributed by atoms with Gasteiger partial charge in [-0.15, -0.1) is 0 Å². The maximum Gasteiger partial charge on any atom is 0.327 e. The molecule has 166 valence electrons. The van der Waals surface area contributed by atoms with Gasteiger partial charge in [0.1, 0.15) is 18.1 Å². The molecule has 0 aliphatic carbocycles. The lowest BCUT2D eigenvalue weighted by atomic mass is 10.1. The first kappa shape index (κ1) is 25.5. The highest BCUT2D eigenvalue weighted by atomic mass is 32.2. The predicted octanol–water partition coefficient (Wildman–Crippen LogP) is -1.58. The number of thiol groups is 1. The molecule has 29 heavy (non-hydrogen) atoms. The number of carbonyl (C=O) groups is 4. The van der Waals surface area contributed by atoms with Gasteiger partial charge in [0.05, 0.1) is 12.1 Å². The third-order valence-corrected chi connectivity index (χ3v) is 5.66. The van der Waals surface area contributed by atoms with Gasteiger partial charge in [-0.25, -0.2) is 4.79 Å². The summed E-state index contributed by atoms with van der Waals surface area (Å²) in [7, 11) is 0. The van der Waals surface area contributed by atoms with E-state index in [-0.39, 0.29) is 12.3 Å². The van der Waals surface area contributed by atoms with Gasteiger partial charge in [0, 0.05) is 12.3 Å². The van der Waals surface area contributed by atoms with Gasteiger partial charge in [0.15, 0.2) is 0 Å². The lowest BCUT2D eigenvalue weighted by Crippen LogP contribution is -2.59. The summed E-state index contributed by atoms with van der Waals surface area (Å²) in [5.41, 5.74) is 5.82. The Morgan fingerprint density at radius 3 is 2.48 bits per heavy atom. The third kappa shape index (κ3) is 7.36. The molecule has 6 N–H and O–H groups in total. The predicted molar refractivity (Wildman–Crippen MR) is 113 cm³/mol. The number of carboxylic acids is 1. The van der Waals surface area contributed by atoms with Gasteiger partial charge < -0.3 is 31.5 Å². The smallest absolute Gasteiger partial charge is 0.327 e. The van der Waals surface area contributed by atoms with Gasteiger partial charge in [-0.3, -0.25) is 14.4 Å². The number of likely N-dealkylation sites (tertiary alicyclic amines) is 1. The van der Waals surface area contributed by atoms with Gasteiger partial charge in [-0.05, 0) is 38.2 Å².